The molecule has 24 heavy (non-hydrogen) atoms. The van der Waals surface area contributed by atoms with Gasteiger partial charge in [0, 0.05) is 49.8 Å². The first-order valence-electron chi connectivity index (χ1n) is 8.27. The lowest BCUT2D eigenvalue weighted by molar-refractivity contribution is -0.114. The fourth-order valence-corrected chi connectivity index (χ4v) is 3.72. The number of rotatable bonds is 3. The van der Waals surface area contributed by atoms with Crippen LogP contribution in [-0.4, -0.2) is 47.4 Å². The Kier molecular flexibility index (Phi) is 3.72. The fraction of sp³-hybridized carbons (Fsp3) is 0.471. The number of hydrogen-bond acceptors (Lipinski definition) is 5. The van der Waals surface area contributed by atoms with Crippen LogP contribution in [0.25, 0.3) is 11.0 Å². The Labute approximate surface area is 139 Å². The molecular formula is C17H20N4O3. The number of aromatic nitrogens is 1. The molecular weight excluding hydrogens is 308 g/mol. The number of piperidine rings is 1. The van der Waals surface area contributed by atoms with Crippen LogP contribution in [0.5, 0.6) is 0 Å². The van der Waals surface area contributed by atoms with Crippen LogP contribution in [0.4, 0.5) is 5.88 Å². The van der Waals surface area contributed by atoms with Crippen LogP contribution in [0.15, 0.2) is 22.7 Å². The highest BCUT2D eigenvalue weighted by Gasteiger charge is 2.33. The van der Waals surface area contributed by atoms with Crippen molar-refractivity contribution in [2.24, 2.45) is 5.92 Å². The van der Waals surface area contributed by atoms with Crippen molar-refractivity contribution in [3.05, 3.63) is 24.0 Å². The van der Waals surface area contributed by atoms with E-state index < -0.39 is 0 Å². The summed E-state index contributed by atoms with van der Waals surface area (Å²) in [5.74, 6) is 0.669. The molecule has 4 heterocycles. The van der Waals surface area contributed by atoms with Crippen LogP contribution < -0.4 is 10.6 Å². The fourth-order valence-electron chi connectivity index (χ4n) is 3.72. The molecule has 0 radical (unpaired) electrons. The van der Waals surface area contributed by atoms with Crippen LogP contribution in [-0.2, 0) is 4.79 Å². The van der Waals surface area contributed by atoms with E-state index in [1.54, 1.807) is 18.3 Å². The van der Waals surface area contributed by atoms with Crippen LogP contribution in [0.2, 0.25) is 0 Å². The maximum absolute atomic E-state index is 12.5. The summed E-state index contributed by atoms with van der Waals surface area (Å²) in [5, 5.41) is 6.42. The van der Waals surface area contributed by atoms with Gasteiger partial charge in [-0.1, -0.05) is 0 Å². The van der Waals surface area contributed by atoms with Gasteiger partial charge < -0.3 is 14.6 Å². The van der Waals surface area contributed by atoms with E-state index in [-0.39, 0.29) is 17.9 Å². The van der Waals surface area contributed by atoms with E-state index in [1.807, 2.05) is 0 Å². The van der Waals surface area contributed by atoms with Gasteiger partial charge in [0.15, 0.2) is 0 Å². The Morgan fingerprint density at radius 1 is 1.33 bits per heavy atom. The van der Waals surface area contributed by atoms with E-state index >= 15 is 0 Å². The summed E-state index contributed by atoms with van der Waals surface area (Å²) in [4.78, 5) is 30.2. The molecule has 2 saturated heterocycles. The number of pyridine rings is 1. The molecule has 2 amide bonds. The smallest absolute Gasteiger partial charge is 0.270 e. The van der Waals surface area contributed by atoms with Crippen molar-refractivity contribution in [3.63, 3.8) is 0 Å². The lowest BCUT2D eigenvalue weighted by atomic mass is 9.97. The van der Waals surface area contributed by atoms with Crippen molar-refractivity contribution in [2.75, 3.05) is 25.0 Å². The monoisotopic (exact) mass is 328 g/mol. The second kappa shape index (κ2) is 5.90. The van der Waals surface area contributed by atoms with Crippen molar-refractivity contribution in [3.8, 4) is 0 Å². The number of fused-ring (bicyclic) bond motifs is 3. The molecule has 2 fully saturated rings. The van der Waals surface area contributed by atoms with Gasteiger partial charge in [-0.3, -0.25) is 19.9 Å². The summed E-state index contributed by atoms with van der Waals surface area (Å²) in [6, 6.07) is 3.49. The van der Waals surface area contributed by atoms with Gasteiger partial charge in [-0.25, -0.2) is 0 Å². The molecule has 0 spiro atoms. The second-order valence-corrected chi connectivity index (χ2v) is 6.72. The van der Waals surface area contributed by atoms with E-state index in [9.17, 15) is 9.59 Å². The second-order valence-electron chi connectivity index (χ2n) is 6.72. The summed E-state index contributed by atoms with van der Waals surface area (Å²) in [6.45, 7) is 4.63. The molecule has 0 saturated carbocycles. The van der Waals surface area contributed by atoms with E-state index in [2.05, 4.69) is 20.5 Å². The molecule has 3 atom stereocenters. The first-order valence-corrected chi connectivity index (χ1v) is 8.27. The van der Waals surface area contributed by atoms with Gasteiger partial charge in [0.1, 0.15) is 11.3 Å². The molecule has 3 unspecified atom stereocenters. The molecule has 126 valence electrons. The van der Waals surface area contributed by atoms with Crippen LogP contribution in [0.1, 0.15) is 30.3 Å². The number of carbonyl (C=O) groups excluding carboxylic acids is 2. The zero-order chi connectivity index (χ0) is 16.7. The normalized spacial score (nSPS) is 25.6. The third-order valence-electron chi connectivity index (χ3n) is 4.74. The Morgan fingerprint density at radius 3 is 3.00 bits per heavy atom. The molecule has 0 aliphatic carbocycles. The lowest BCUT2D eigenvalue weighted by Gasteiger charge is -2.30. The van der Waals surface area contributed by atoms with E-state index in [1.165, 1.54) is 13.3 Å². The third-order valence-corrected chi connectivity index (χ3v) is 4.74. The van der Waals surface area contributed by atoms with Gasteiger partial charge >= 0.3 is 0 Å². The minimum Gasteiger partial charge on any atom is -0.440 e. The summed E-state index contributed by atoms with van der Waals surface area (Å²) in [7, 11) is 0. The van der Waals surface area contributed by atoms with Crippen LogP contribution >= 0.6 is 0 Å². The third kappa shape index (κ3) is 2.99. The van der Waals surface area contributed by atoms with Crippen LogP contribution in [0, 0.1) is 5.92 Å². The molecule has 2 aromatic heterocycles. The maximum Gasteiger partial charge on any atom is 0.270 e. The first-order chi connectivity index (χ1) is 11.6. The topological polar surface area (TPSA) is 87.5 Å². The van der Waals surface area contributed by atoms with Crippen molar-refractivity contribution >= 4 is 28.7 Å². The highest BCUT2D eigenvalue weighted by atomic mass is 16.4. The molecule has 0 aromatic carbocycles. The lowest BCUT2D eigenvalue weighted by Crippen LogP contribution is -2.47. The first kappa shape index (κ1) is 15.1. The molecule has 2 bridgehead atoms. The molecule has 2 aromatic rings. The number of amides is 2. The number of carbonyl (C=O) groups is 2. The summed E-state index contributed by atoms with van der Waals surface area (Å²) >= 11 is 0. The predicted octanol–water partition coefficient (Wildman–Crippen LogP) is 1.61. The predicted molar refractivity (Wildman–Crippen MR) is 88.7 cm³/mol. The minimum absolute atomic E-state index is 0.179. The van der Waals surface area contributed by atoms with Crippen molar-refractivity contribution in [1.29, 1.82) is 0 Å². The van der Waals surface area contributed by atoms with Crippen molar-refractivity contribution in [2.45, 2.75) is 25.8 Å². The molecule has 2 N–H and O–H groups in total. The average Bonchev–Trinajstić information content (AvgIpc) is 3.07. The zero-order valence-electron chi connectivity index (χ0n) is 13.5. The van der Waals surface area contributed by atoms with Gasteiger partial charge in [-0.05, 0) is 25.3 Å². The number of nitrogens with zero attached hydrogens (tertiary/aromatic N) is 2. The van der Waals surface area contributed by atoms with Crippen LogP contribution in [0.3, 0.4) is 0 Å². The van der Waals surface area contributed by atoms with E-state index in [4.69, 9.17) is 4.42 Å². The largest absolute Gasteiger partial charge is 0.440 e. The van der Waals surface area contributed by atoms with Crippen molar-refractivity contribution in [1.82, 2.24) is 15.2 Å². The number of nitrogens with one attached hydrogen (secondary N) is 2. The molecule has 7 heteroatoms. The molecule has 7 nitrogen and oxygen atoms in total. The number of anilines is 1. The summed E-state index contributed by atoms with van der Waals surface area (Å²) < 4.78 is 5.54. The summed E-state index contributed by atoms with van der Waals surface area (Å²) in [5.41, 5.74) is 0.866. The number of hydrogen-bond donors (Lipinski definition) is 2. The Morgan fingerprint density at radius 2 is 2.21 bits per heavy atom. The highest BCUT2D eigenvalue weighted by molar-refractivity contribution is 5.96. The Hall–Kier alpha value is -2.41. The minimum atomic E-state index is -0.207. The number of furan rings is 1. The molecule has 2 aliphatic rings. The average molecular weight is 328 g/mol. The molecule has 2 aliphatic heterocycles. The van der Waals surface area contributed by atoms with Gasteiger partial charge in [-0.2, -0.15) is 0 Å². The van der Waals surface area contributed by atoms with E-state index in [0.29, 0.717) is 23.1 Å². The van der Waals surface area contributed by atoms with E-state index in [0.717, 1.165) is 31.4 Å². The zero-order valence-corrected chi connectivity index (χ0v) is 13.5. The molecule has 4 rings (SSSR count). The quantitative estimate of drug-likeness (QED) is 0.894. The van der Waals surface area contributed by atoms with Crippen molar-refractivity contribution < 1.29 is 14.0 Å². The SMILES string of the molecule is CC(=O)Nc1cc2cnc(C(=O)NC3CC4CCN(C4)C3)cc2o1. The Bertz CT molecular complexity index is 788. The maximum atomic E-state index is 12.5. The summed E-state index contributed by atoms with van der Waals surface area (Å²) in [6.07, 6.45) is 3.86. The van der Waals surface area contributed by atoms with Gasteiger partial charge in [0.2, 0.25) is 11.8 Å². The standard InChI is InChI=1S/C17H20N4O3/c1-10(22)19-16-5-12-7-18-14(6-15(12)24-16)17(23)20-13-4-11-2-3-21(8-11)9-13/h5-7,11,13H,2-4,8-9H2,1H3,(H,19,22)(H,20,23). The van der Waals surface area contributed by atoms with Gasteiger partial charge in [-0.15, -0.1) is 0 Å². The van der Waals surface area contributed by atoms with Gasteiger partial charge in [0.05, 0.1) is 0 Å². The highest BCUT2D eigenvalue weighted by Crippen LogP contribution is 2.27. The van der Waals surface area contributed by atoms with Gasteiger partial charge in [0.25, 0.3) is 5.91 Å². The Balaban J connectivity index is 1.48.